The van der Waals surface area contributed by atoms with Crippen molar-refractivity contribution in [1.82, 2.24) is 15.0 Å². The molecule has 0 fully saturated rings. The average molecular weight is 147 g/mol. The molecular weight excluding hydrogens is 138 g/mol. The van der Waals surface area contributed by atoms with E-state index in [4.69, 9.17) is 0 Å². The molecule has 0 saturated heterocycles. The number of aromatic nitrogens is 3. The fraction of sp³-hybridized carbons (Fsp3) is 0. The van der Waals surface area contributed by atoms with Crippen molar-refractivity contribution in [3.05, 3.63) is 49.3 Å². The zero-order chi connectivity index (χ0) is 7.78. The Kier molecular flexibility index (Phi) is 3.51. The summed E-state index contributed by atoms with van der Waals surface area (Å²) >= 11 is 0. The molecule has 0 unspecified atom stereocenters. The van der Waals surface area contributed by atoms with Gasteiger partial charge in [0.1, 0.15) is 6.33 Å². The first-order valence-electron chi connectivity index (χ1n) is 3.28. The number of H-pyrrole nitrogens is 1. The zero-order valence-electron chi connectivity index (χ0n) is 6.01. The molecule has 0 aliphatic rings. The van der Waals surface area contributed by atoms with Crippen LogP contribution in [-0.2, 0) is 0 Å². The van der Waals surface area contributed by atoms with Crippen molar-refractivity contribution in [3.63, 3.8) is 0 Å². The molecule has 0 radical (unpaired) electrons. The van der Waals surface area contributed by atoms with E-state index in [9.17, 15) is 0 Å². The highest BCUT2D eigenvalue weighted by Gasteiger charge is 1.59. The molecule has 0 aromatic carbocycles. The molecule has 2 aromatic rings. The minimum Gasteiger partial charge on any atom is -0.368 e. The molecule has 2 heterocycles. The molecule has 3 heteroatoms. The van der Waals surface area contributed by atoms with Gasteiger partial charge < -0.3 is 4.98 Å². The average Bonchev–Trinajstić information content (AvgIpc) is 2.64. The lowest BCUT2D eigenvalue weighted by atomic mass is 10.7. The first kappa shape index (κ1) is 7.47. The molecule has 0 spiro atoms. The molecule has 3 nitrogen and oxygen atoms in total. The van der Waals surface area contributed by atoms with Gasteiger partial charge in [-0.1, -0.05) is 0 Å². The standard InChI is InChI=1S/C4H4N2.C4H5N/c1-2-5-4-6-3-1;1-2-4-5-3-1/h1-4H;1-5H. The van der Waals surface area contributed by atoms with Crippen LogP contribution in [0.3, 0.4) is 0 Å². The van der Waals surface area contributed by atoms with E-state index >= 15 is 0 Å². The molecule has 0 aliphatic heterocycles. The number of nitrogens with zero attached hydrogens (tertiary/aromatic N) is 2. The molecule has 0 atom stereocenters. The highest BCUT2D eigenvalue weighted by Crippen LogP contribution is 1.72. The topological polar surface area (TPSA) is 41.6 Å². The third-order valence-corrected chi connectivity index (χ3v) is 0.974. The molecule has 0 saturated carbocycles. The largest absolute Gasteiger partial charge is 0.368 e. The second-order valence-corrected chi connectivity index (χ2v) is 1.79. The Bertz CT molecular complexity index is 195. The number of hydrogen-bond acceptors (Lipinski definition) is 2. The SMILES string of the molecule is c1cc[nH]c1.c1cncnc1. The van der Waals surface area contributed by atoms with Crippen molar-refractivity contribution in [1.29, 1.82) is 0 Å². The smallest absolute Gasteiger partial charge is 0.115 e. The number of aromatic amines is 1. The van der Waals surface area contributed by atoms with Crippen molar-refractivity contribution in [3.8, 4) is 0 Å². The summed E-state index contributed by atoms with van der Waals surface area (Å²) in [6, 6.07) is 5.67. The van der Waals surface area contributed by atoms with E-state index in [-0.39, 0.29) is 0 Å². The fourth-order valence-electron chi connectivity index (χ4n) is 0.531. The Balaban J connectivity index is 0.000000112. The monoisotopic (exact) mass is 147 g/mol. The molecule has 0 amide bonds. The van der Waals surface area contributed by atoms with Crippen molar-refractivity contribution in [2.75, 3.05) is 0 Å². The van der Waals surface area contributed by atoms with Crippen molar-refractivity contribution < 1.29 is 0 Å². The van der Waals surface area contributed by atoms with Crippen molar-refractivity contribution in [2.45, 2.75) is 0 Å². The maximum Gasteiger partial charge on any atom is 0.115 e. The van der Waals surface area contributed by atoms with Crippen LogP contribution in [0.15, 0.2) is 49.3 Å². The molecule has 2 aromatic heterocycles. The molecule has 56 valence electrons. The Hall–Kier alpha value is -1.64. The van der Waals surface area contributed by atoms with E-state index in [0.29, 0.717) is 0 Å². The number of nitrogens with one attached hydrogen (secondary N) is 1. The number of rotatable bonds is 0. The molecule has 0 bridgehead atoms. The summed E-state index contributed by atoms with van der Waals surface area (Å²) in [5.41, 5.74) is 0. The summed E-state index contributed by atoms with van der Waals surface area (Å²) in [4.78, 5) is 10.2. The second kappa shape index (κ2) is 5.17. The summed E-state index contributed by atoms with van der Waals surface area (Å²) in [6.07, 6.45) is 8.62. The lowest BCUT2D eigenvalue weighted by Gasteiger charge is -1.70. The van der Waals surface area contributed by atoms with Gasteiger partial charge in [0.05, 0.1) is 0 Å². The highest BCUT2D eigenvalue weighted by atomic mass is 14.8. The first-order valence-corrected chi connectivity index (χ1v) is 3.28. The molecule has 2 rings (SSSR count). The summed E-state index contributed by atoms with van der Waals surface area (Å²) in [5, 5.41) is 0. The first-order chi connectivity index (χ1) is 5.50. The van der Waals surface area contributed by atoms with Gasteiger partial charge in [-0.25, -0.2) is 9.97 Å². The van der Waals surface area contributed by atoms with Gasteiger partial charge in [0, 0.05) is 24.8 Å². The van der Waals surface area contributed by atoms with Gasteiger partial charge in [-0.2, -0.15) is 0 Å². The van der Waals surface area contributed by atoms with Crippen LogP contribution in [0.25, 0.3) is 0 Å². The minimum atomic E-state index is 1.50. The Morgan fingerprint density at radius 1 is 0.818 bits per heavy atom. The molecule has 0 aliphatic carbocycles. The normalized spacial score (nSPS) is 8.00. The summed E-state index contributed by atoms with van der Waals surface area (Å²) < 4.78 is 0. The zero-order valence-corrected chi connectivity index (χ0v) is 6.01. The third-order valence-electron chi connectivity index (χ3n) is 0.974. The molecule has 1 N–H and O–H groups in total. The van der Waals surface area contributed by atoms with Gasteiger partial charge in [0.15, 0.2) is 0 Å². The van der Waals surface area contributed by atoms with E-state index < -0.39 is 0 Å². The Morgan fingerprint density at radius 2 is 1.45 bits per heavy atom. The quantitative estimate of drug-likeness (QED) is 0.613. The maximum absolute atomic E-state index is 3.67. The van der Waals surface area contributed by atoms with Crippen LogP contribution in [-0.4, -0.2) is 15.0 Å². The van der Waals surface area contributed by atoms with Crippen molar-refractivity contribution in [2.24, 2.45) is 0 Å². The van der Waals surface area contributed by atoms with Gasteiger partial charge in [-0.15, -0.1) is 0 Å². The van der Waals surface area contributed by atoms with E-state index in [1.54, 1.807) is 18.5 Å². The van der Waals surface area contributed by atoms with Gasteiger partial charge in [0.25, 0.3) is 0 Å². The van der Waals surface area contributed by atoms with Crippen LogP contribution in [0.5, 0.6) is 0 Å². The summed E-state index contributed by atoms with van der Waals surface area (Å²) in [6.45, 7) is 0. The van der Waals surface area contributed by atoms with Gasteiger partial charge in [-0.05, 0) is 18.2 Å². The summed E-state index contributed by atoms with van der Waals surface area (Å²) in [7, 11) is 0. The lowest BCUT2D eigenvalue weighted by Crippen LogP contribution is -1.66. The minimum absolute atomic E-state index is 1.50. The van der Waals surface area contributed by atoms with Crippen molar-refractivity contribution >= 4 is 0 Å². The van der Waals surface area contributed by atoms with Crippen LogP contribution in [0, 0.1) is 0 Å². The molecule has 11 heavy (non-hydrogen) atoms. The van der Waals surface area contributed by atoms with Gasteiger partial charge in [0.2, 0.25) is 0 Å². The second-order valence-electron chi connectivity index (χ2n) is 1.79. The number of hydrogen-bond donors (Lipinski definition) is 1. The predicted octanol–water partition coefficient (Wildman–Crippen LogP) is 1.49. The van der Waals surface area contributed by atoms with Crippen LogP contribution in [0.2, 0.25) is 0 Å². The molecular formula is C8H9N3. The van der Waals surface area contributed by atoms with Crippen LogP contribution >= 0.6 is 0 Å². The highest BCUT2D eigenvalue weighted by molar-refractivity contribution is 4.84. The lowest BCUT2D eigenvalue weighted by molar-refractivity contribution is 1.17. The van der Waals surface area contributed by atoms with Crippen LogP contribution in [0.4, 0.5) is 0 Å². The fourth-order valence-corrected chi connectivity index (χ4v) is 0.531. The maximum atomic E-state index is 3.67. The van der Waals surface area contributed by atoms with E-state index in [2.05, 4.69) is 15.0 Å². The third kappa shape index (κ3) is 3.86. The van der Waals surface area contributed by atoms with Crippen LogP contribution in [0.1, 0.15) is 0 Å². The van der Waals surface area contributed by atoms with E-state index in [1.807, 2.05) is 24.5 Å². The van der Waals surface area contributed by atoms with Gasteiger partial charge in [-0.3, -0.25) is 0 Å². The van der Waals surface area contributed by atoms with Gasteiger partial charge >= 0.3 is 0 Å². The van der Waals surface area contributed by atoms with E-state index in [0.717, 1.165) is 0 Å². The van der Waals surface area contributed by atoms with E-state index in [1.165, 1.54) is 6.33 Å². The Labute approximate surface area is 65.1 Å². The Morgan fingerprint density at radius 3 is 1.64 bits per heavy atom. The summed E-state index contributed by atoms with van der Waals surface area (Å²) in [5.74, 6) is 0. The predicted molar refractivity (Wildman–Crippen MR) is 42.8 cm³/mol. The van der Waals surface area contributed by atoms with Crippen LogP contribution < -0.4 is 0 Å².